The van der Waals surface area contributed by atoms with E-state index < -0.39 is 12.1 Å². The normalized spacial score (nSPS) is 14.3. The van der Waals surface area contributed by atoms with E-state index in [0.29, 0.717) is 6.42 Å². The smallest absolute Gasteiger partial charge is 0.312 e. The van der Waals surface area contributed by atoms with Gasteiger partial charge in [-0.2, -0.15) is 0 Å². The summed E-state index contributed by atoms with van der Waals surface area (Å²) in [7, 11) is 0. The molecule has 0 saturated carbocycles. The molecule has 6 nitrogen and oxygen atoms in total. The number of urea groups is 1. The van der Waals surface area contributed by atoms with E-state index >= 15 is 0 Å². The largest absolute Gasteiger partial charge is 0.396 e. The zero-order valence-electron chi connectivity index (χ0n) is 9.99. The first-order valence-electron chi connectivity index (χ1n) is 5.35. The van der Waals surface area contributed by atoms with Crippen LogP contribution >= 0.6 is 0 Å². The van der Waals surface area contributed by atoms with Crippen molar-refractivity contribution in [2.45, 2.75) is 39.3 Å². The Morgan fingerprint density at radius 2 is 1.81 bits per heavy atom. The minimum Gasteiger partial charge on any atom is -0.396 e. The summed E-state index contributed by atoms with van der Waals surface area (Å²) >= 11 is 0. The standard InChI is InChI=1S/C10H21N3O3/c1-6(2)8(13-10(11)16)9(15)12-7(3)4-5-14/h6-8,14H,4-5H2,1-3H3,(H,12,15)(H3,11,13,16). The Labute approximate surface area is 95.6 Å². The van der Waals surface area contributed by atoms with Crippen LogP contribution in [0.25, 0.3) is 0 Å². The molecule has 0 radical (unpaired) electrons. The van der Waals surface area contributed by atoms with Crippen LogP contribution in [0.4, 0.5) is 4.79 Å². The van der Waals surface area contributed by atoms with Crippen LogP contribution in [-0.2, 0) is 4.79 Å². The number of carbonyl (C=O) groups excluding carboxylic acids is 2. The SMILES string of the molecule is CC(CCO)NC(=O)C(NC(N)=O)C(C)C. The third-order valence-corrected chi connectivity index (χ3v) is 2.20. The zero-order valence-corrected chi connectivity index (χ0v) is 9.99. The first kappa shape index (κ1) is 14.7. The Hall–Kier alpha value is -1.30. The molecule has 0 aromatic heterocycles. The van der Waals surface area contributed by atoms with E-state index in [1.807, 2.05) is 13.8 Å². The van der Waals surface area contributed by atoms with Gasteiger partial charge in [-0.15, -0.1) is 0 Å². The molecule has 0 aliphatic carbocycles. The lowest BCUT2D eigenvalue weighted by Crippen LogP contribution is -2.53. The molecule has 0 aliphatic heterocycles. The van der Waals surface area contributed by atoms with Crippen molar-refractivity contribution < 1.29 is 14.7 Å². The molecule has 0 bridgehead atoms. The first-order valence-corrected chi connectivity index (χ1v) is 5.35. The monoisotopic (exact) mass is 231 g/mol. The van der Waals surface area contributed by atoms with Gasteiger partial charge in [0.1, 0.15) is 6.04 Å². The van der Waals surface area contributed by atoms with Crippen LogP contribution in [0.5, 0.6) is 0 Å². The second-order valence-corrected chi connectivity index (χ2v) is 4.15. The molecule has 3 amide bonds. The van der Waals surface area contributed by atoms with E-state index in [9.17, 15) is 9.59 Å². The molecule has 5 N–H and O–H groups in total. The maximum Gasteiger partial charge on any atom is 0.312 e. The summed E-state index contributed by atoms with van der Waals surface area (Å²) in [4.78, 5) is 22.5. The van der Waals surface area contributed by atoms with Gasteiger partial charge in [-0.3, -0.25) is 4.79 Å². The van der Waals surface area contributed by atoms with Gasteiger partial charge in [0.15, 0.2) is 0 Å². The van der Waals surface area contributed by atoms with E-state index in [-0.39, 0.29) is 24.5 Å². The lowest BCUT2D eigenvalue weighted by atomic mass is 10.0. The van der Waals surface area contributed by atoms with Crippen molar-refractivity contribution in [3.05, 3.63) is 0 Å². The van der Waals surface area contributed by atoms with Crippen molar-refractivity contribution in [2.75, 3.05) is 6.61 Å². The Kier molecular flexibility index (Phi) is 6.48. The summed E-state index contributed by atoms with van der Waals surface area (Å²) in [6.07, 6.45) is 0.479. The van der Waals surface area contributed by atoms with Gasteiger partial charge in [-0.1, -0.05) is 13.8 Å². The van der Waals surface area contributed by atoms with E-state index in [4.69, 9.17) is 10.8 Å². The molecule has 0 fully saturated rings. The molecule has 0 aromatic rings. The van der Waals surface area contributed by atoms with Crippen molar-refractivity contribution in [3.8, 4) is 0 Å². The molecule has 2 unspecified atom stereocenters. The third kappa shape index (κ3) is 5.55. The molecule has 2 atom stereocenters. The number of amides is 3. The minimum absolute atomic E-state index is 0.0110. The van der Waals surface area contributed by atoms with Crippen molar-refractivity contribution in [1.29, 1.82) is 0 Å². The van der Waals surface area contributed by atoms with Gasteiger partial charge >= 0.3 is 6.03 Å². The summed E-state index contributed by atoms with van der Waals surface area (Å²) in [6.45, 7) is 5.43. The van der Waals surface area contributed by atoms with Crippen LogP contribution in [0, 0.1) is 5.92 Å². The molecule has 6 heteroatoms. The van der Waals surface area contributed by atoms with Crippen LogP contribution < -0.4 is 16.4 Å². The Morgan fingerprint density at radius 1 is 1.25 bits per heavy atom. The zero-order chi connectivity index (χ0) is 12.7. The van der Waals surface area contributed by atoms with Gasteiger partial charge in [0.25, 0.3) is 0 Å². The van der Waals surface area contributed by atoms with Crippen molar-refractivity contribution >= 4 is 11.9 Å². The maximum atomic E-state index is 11.7. The molecular formula is C10H21N3O3. The van der Waals surface area contributed by atoms with E-state index in [1.54, 1.807) is 6.92 Å². The highest BCUT2D eigenvalue weighted by molar-refractivity contribution is 5.86. The molecule has 94 valence electrons. The average Bonchev–Trinajstić information content (AvgIpc) is 2.13. The lowest BCUT2D eigenvalue weighted by molar-refractivity contribution is -0.124. The summed E-state index contributed by atoms with van der Waals surface area (Å²) in [5, 5.41) is 13.8. The second-order valence-electron chi connectivity index (χ2n) is 4.15. The number of rotatable bonds is 6. The average molecular weight is 231 g/mol. The van der Waals surface area contributed by atoms with Crippen LogP contribution in [0.3, 0.4) is 0 Å². The molecule has 0 saturated heterocycles. The molecule has 16 heavy (non-hydrogen) atoms. The van der Waals surface area contributed by atoms with E-state index in [0.717, 1.165) is 0 Å². The number of carbonyl (C=O) groups is 2. The van der Waals surface area contributed by atoms with Crippen molar-refractivity contribution in [3.63, 3.8) is 0 Å². The van der Waals surface area contributed by atoms with E-state index in [2.05, 4.69) is 10.6 Å². The molecule has 0 heterocycles. The fraction of sp³-hybridized carbons (Fsp3) is 0.800. The summed E-state index contributed by atoms with van der Waals surface area (Å²) in [5.74, 6) is -0.330. The molecule has 0 aromatic carbocycles. The summed E-state index contributed by atoms with van der Waals surface area (Å²) in [5.41, 5.74) is 4.99. The highest BCUT2D eigenvalue weighted by atomic mass is 16.3. The van der Waals surface area contributed by atoms with Crippen molar-refractivity contribution in [1.82, 2.24) is 10.6 Å². The molecule has 0 rings (SSSR count). The van der Waals surface area contributed by atoms with Gasteiger partial charge in [0, 0.05) is 12.6 Å². The third-order valence-electron chi connectivity index (χ3n) is 2.20. The predicted molar refractivity (Wildman–Crippen MR) is 60.7 cm³/mol. The number of hydrogen-bond donors (Lipinski definition) is 4. The fourth-order valence-electron chi connectivity index (χ4n) is 1.29. The minimum atomic E-state index is -0.719. The Bertz CT molecular complexity index is 243. The quantitative estimate of drug-likeness (QED) is 0.498. The number of nitrogens with one attached hydrogen (secondary N) is 2. The number of aliphatic hydroxyl groups is 1. The number of primary amides is 1. The van der Waals surface area contributed by atoms with Gasteiger partial charge in [-0.05, 0) is 19.3 Å². The van der Waals surface area contributed by atoms with Gasteiger partial charge < -0.3 is 21.5 Å². The molecular weight excluding hydrogens is 210 g/mol. The second kappa shape index (κ2) is 7.05. The van der Waals surface area contributed by atoms with Crippen LogP contribution in [0.15, 0.2) is 0 Å². The number of aliphatic hydroxyl groups excluding tert-OH is 1. The highest BCUT2D eigenvalue weighted by Gasteiger charge is 2.24. The lowest BCUT2D eigenvalue weighted by Gasteiger charge is -2.22. The Balaban J connectivity index is 4.32. The van der Waals surface area contributed by atoms with Crippen LogP contribution in [0.1, 0.15) is 27.2 Å². The van der Waals surface area contributed by atoms with Crippen molar-refractivity contribution in [2.24, 2.45) is 11.7 Å². The summed E-state index contributed by atoms with van der Waals surface area (Å²) in [6, 6.07) is -1.49. The first-order chi connectivity index (χ1) is 7.38. The summed E-state index contributed by atoms with van der Waals surface area (Å²) < 4.78 is 0. The topological polar surface area (TPSA) is 104 Å². The van der Waals surface area contributed by atoms with Gasteiger partial charge in [0.05, 0.1) is 0 Å². The van der Waals surface area contributed by atoms with Crippen LogP contribution in [0.2, 0.25) is 0 Å². The van der Waals surface area contributed by atoms with Crippen LogP contribution in [-0.4, -0.2) is 35.7 Å². The van der Waals surface area contributed by atoms with E-state index in [1.165, 1.54) is 0 Å². The fourth-order valence-corrected chi connectivity index (χ4v) is 1.29. The predicted octanol–water partition coefficient (Wildman–Crippen LogP) is -0.434. The number of nitrogens with two attached hydrogens (primary N) is 1. The van der Waals surface area contributed by atoms with Gasteiger partial charge in [-0.25, -0.2) is 4.79 Å². The maximum absolute atomic E-state index is 11.7. The molecule has 0 aliphatic rings. The molecule has 0 spiro atoms. The number of hydrogen-bond acceptors (Lipinski definition) is 3. The Morgan fingerprint density at radius 3 is 2.19 bits per heavy atom. The highest BCUT2D eigenvalue weighted by Crippen LogP contribution is 2.02. The van der Waals surface area contributed by atoms with Gasteiger partial charge in [0.2, 0.25) is 5.91 Å².